The molecule has 0 radical (unpaired) electrons. The van der Waals surface area contributed by atoms with E-state index in [0.29, 0.717) is 28.8 Å². The number of amides is 1. The lowest BCUT2D eigenvalue weighted by molar-refractivity contribution is 0.0720. The summed E-state index contributed by atoms with van der Waals surface area (Å²) >= 11 is 0. The third-order valence-electron chi connectivity index (χ3n) is 6.05. The van der Waals surface area contributed by atoms with Gasteiger partial charge in [0.1, 0.15) is 11.3 Å². The highest BCUT2D eigenvalue weighted by Crippen LogP contribution is 2.39. The van der Waals surface area contributed by atoms with E-state index in [1.54, 1.807) is 30.2 Å². The third kappa shape index (κ3) is 3.83. The fourth-order valence-corrected chi connectivity index (χ4v) is 4.36. The van der Waals surface area contributed by atoms with Crippen LogP contribution in [0.5, 0.6) is 5.75 Å². The first-order valence-corrected chi connectivity index (χ1v) is 10.8. The minimum Gasteiger partial charge on any atom is -0.497 e. The SMILES string of the molecule is CCN(CC)CCCN1C(=O)c2oc3ccccc3c(=O)c2[C@H]1c1cccc(OC)c1. The van der Waals surface area contributed by atoms with E-state index < -0.39 is 6.04 Å². The highest BCUT2D eigenvalue weighted by atomic mass is 16.5. The van der Waals surface area contributed by atoms with Crippen LogP contribution in [0.15, 0.2) is 57.7 Å². The van der Waals surface area contributed by atoms with Crippen molar-refractivity contribution >= 4 is 16.9 Å². The number of nitrogens with zero attached hydrogens (tertiary/aromatic N) is 2. The van der Waals surface area contributed by atoms with E-state index in [9.17, 15) is 9.59 Å². The van der Waals surface area contributed by atoms with Gasteiger partial charge in [-0.15, -0.1) is 0 Å². The monoisotopic (exact) mass is 420 g/mol. The van der Waals surface area contributed by atoms with Gasteiger partial charge in [0.05, 0.1) is 24.1 Å². The van der Waals surface area contributed by atoms with Crippen LogP contribution in [0.25, 0.3) is 11.0 Å². The van der Waals surface area contributed by atoms with Crippen molar-refractivity contribution in [1.29, 1.82) is 0 Å². The third-order valence-corrected chi connectivity index (χ3v) is 6.05. The van der Waals surface area contributed by atoms with Gasteiger partial charge < -0.3 is 19.0 Å². The minimum absolute atomic E-state index is 0.149. The maximum atomic E-state index is 13.4. The summed E-state index contributed by atoms with van der Waals surface area (Å²) in [7, 11) is 1.61. The number of benzene rings is 2. The Hall–Kier alpha value is -3.12. The van der Waals surface area contributed by atoms with Crippen LogP contribution >= 0.6 is 0 Å². The van der Waals surface area contributed by atoms with Crippen molar-refractivity contribution in [3.8, 4) is 5.75 Å². The van der Waals surface area contributed by atoms with Crippen LogP contribution in [0.4, 0.5) is 0 Å². The van der Waals surface area contributed by atoms with Crippen molar-refractivity contribution in [2.24, 2.45) is 0 Å². The Morgan fingerprint density at radius 2 is 1.84 bits per heavy atom. The summed E-state index contributed by atoms with van der Waals surface area (Å²) in [6, 6.07) is 14.2. The van der Waals surface area contributed by atoms with Gasteiger partial charge in [0, 0.05) is 6.54 Å². The lowest BCUT2D eigenvalue weighted by atomic mass is 9.98. The first-order valence-electron chi connectivity index (χ1n) is 10.8. The maximum absolute atomic E-state index is 13.4. The van der Waals surface area contributed by atoms with E-state index in [1.807, 2.05) is 30.3 Å². The molecule has 1 aliphatic rings. The average Bonchev–Trinajstić information content (AvgIpc) is 3.09. The Balaban J connectivity index is 1.80. The van der Waals surface area contributed by atoms with E-state index in [1.165, 1.54) is 0 Å². The molecule has 0 N–H and O–H groups in total. The molecule has 0 spiro atoms. The fourth-order valence-electron chi connectivity index (χ4n) is 4.36. The zero-order valence-corrected chi connectivity index (χ0v) is 18.3. The highest BCUT2D eigenvalue weighted by molar-refractivity contribution is 5.99. The van der Waals surface area contributed by atoms with Crippen molar-refractivity contribution in [2.45, 2.75) is 26.3 Å². The number of fused-ring (bicyclic) bond motifs is 2. The zero-order chi connectivity index (χ0) is 22.0. The number of hydrogen-bond donors (Lipinski definition) is 0. The normalized spacial score (nSPS) is 15.7. The van der Waals surface area contributed by atoms with Crippen molar-refractivity contribution < 1.29 is 13.9 Å². The van der Waals surface area contributed by atoms with Gasteiger partial charge in [-0.3, -0.25) is 9.59 Å². The van der Waals surface area contributed by atoms with Crippen molar-refractivity contribution in [1.82, 2.24) is 9.80 Å². The molecule has 0 bridgehead atoms. The molecule has 0 fully saturated rings. The largest absolute Gasteiger partial charge is 0.497 e. The first kappa shape index (κ1) is 21.1. The summed E-state index contributed by atoms with van der Waals surface area (Å²) in [5, 5.41) is 0.493. The van der Waals surface area contributed by atoms with E-state index in [0.717, 1.165) is 31.6 Å². The molecule has 6 heteroatoms. The molecule has 1 aliphatic heterocycles. The van der Waals surface area contributed by atoms with Gasteiger partial charge in [-0.05, 0) is 55.9 Å². The molecule has 6 nitrogen and oxygen atoms in total. The molecule has 1 aromatic heterocycles. The number of methoxy groups -OCH3 is 1. The van der Waals surface area contributed by atoms with E-state index >= 15 is 0 Å². The Morgan fingerprint density at radius 1 is 1.06 bits per heavy atom. The molecule has 1 atom stereocenters. The number of hydrogen-bond acceptors (Lipinski definition) is 5. The quantitative estimate of drug-likeness (QED) is 0.550. The standard InChI is InChI=1S/C25H28N2O4/c1-4-26(5-2)14-9-15-27-22(17-10-8-11-18(16-17)30-3)21-23(28)19-12-6-7-13-20(19)31-24(21)25(27)29/h6-8,10-13,16,22H,4-5,9,14-15H2,1-3H3/t22-/m1/s1. The summed E-state index contributed by atoms with van der Waals surface area (Å²) < 4.78 is 11.4. The summed E-state index contributed by atoms with van der Waals surface area (Å²) in [5.74, 6) is 0.608. The fraction of sp³-hybridized carbons (Fsp3) is 0.360. The molecule has 0 saturated carbocycles. The van der Waals surface area contributed by atoms with Crippen LogP contribution in [0, 0.1) is 0 Å². The Morgan fingerprint density at radius 3 is 2.58 bits per heavy atom. The number of carbonyl (C=O) groups is 1. The van der Waals surface area contributed by atoms with E-state index in [-0.39, 0.29) is 17.1 Å². The van der Waals surface area contributed by atoms with Gasteiger partial charge in [-0.1, -0.05) is 38.1 Å². The van der Waals surface area contributed by atoms with Crippen molar-refractivity contribution in [3.05, 3.63) is 75.6 Å². The first-order chi connectivity index (χ1) is 15.1. The summed E-state index contributed by atoms with van der Waals surface area (Å²) in [5.41, 5.74) is 1.55. The molecular formula is C25H28N2O4. The molecule has 1 amide bonds. The van der Waals surface area contributed by atoms with Crippen molar-refractivity contribution in [2.75, 3.05) is 33.3 Å². The molecule has 2 heterocycles. The predicted octanol–water partition coefficient (Wildman–Crippen LogP) is 4.08. The smallest absolute Gasteiger partial charge is 0.290 e. The van der Waals surface area contributed by atoms with Crippen LogP contribution in [0.1, 0.15) is 48.0 Å². The lowest BCUT2D eigenvalue weighted by Gasteiger charge is -2.27. The number of para-hydroxylation sites is 1. The Labute approximate surface area is 182 Å². The molecule has 2 aromatic carbocycles. The maximum Gasteiger partial charge on any atom is 0.290 e. The molecular weight excluding hydrogens is 392 g/mol. The van der Waals surface area contributed by atoms with E-state index in [2.05, 4.69) is 18.7 Å². The molecule has 0 saturated heterocycles. The molecule has 162 valence electrons. The van der Waals surface area contributed by atoms with Gasteiger partial charge >= 0.3 is 0 Å². The van der Waals surface area contributed by atoms with Gasteiger partial charge in [0.15, 0.2) is 5.43 Å². The second-order valence-electron chi connectivity index (χ2n) is 7.73. The van der Waals surface area contributed by atoms with Crippen LogP contribution in [0.2, 0.25) is 0 Å². The second-order valence-corrected chi connectivity index (χ2v) is 7.73. The van der Waals surface area contributed by atoms with Crippen molar-refractivity contribution in [3.63, 3.8) is 0 Å². The lowest BCUT2D eigenvalue weighted by Crippen LogP contribution is -2.33. The summed E-state index contributed by atoms with van der Waals surface area (Å²) in [6.07, 6.45) is 0.815. The van der Waals surface area contributed by atoms with Gasteiger partial charge in [-0.2, -0.15) is 0 Å². The molecule has 3 aromatic rings. The molecule has 4 rings (SSSR count). The molecule has 0 unspecified atom stereocenters. The van der Waals surface area contributed by atoms with E-state index in [4.69, 9.17) is 9.15 Å². The highest BCUT2D eigenvalue weighted by Gasteiger charge is 2.42. The van der Waals surface area contributed by atoms with Gasteiger partial charge in [-0.25, -0.2) is 0 Å². The second kappa shape index (κ2) is 8.94. The topological polar surface area (TPSA) is 63.0 Å². The van der Waals surface area contributed by atoms with Gasteiger partial charge in [0.2, 0.25) is 5.76 Å². The summed E-state index contributed by atoms with van der Waals surface area (Å²) in [4.78, 5) is 30.9. The summed E-state index contributed by atoms with van der Waals surface area (Å²) in [6.45, 7) is 7.63. The van der Waals surface area contributed by atoms with Crippen LogP contribution < -0.4 is 10.2 Å². The number of carbonyl (C=O) groups excluding carboxylic acids is 1. The average molecular weight is 421 g/mol. The number of ether oxygens (including phenoxy) is 1. The molecule has 31 heavy (non-hydrogen) atoms. The number of rotatable bonds is 8. The van der Waals surface area contributed by atoms with Crippen LogP contribution in [-0.4, -0.2) is 49.0 Å². The predicted molar refractivity (Wildman–Crippen MR) is 121 cm³/mol. The minimum atomic E-state index is -0.491. The molecule has 0 aliphatic carbocycles. The van der Waals surface area contributed by atoms with Crippen LogP contribution in [0.3, 0.4) is 0 Å². The Kier molecular flexibility index (Phi) is 6.09. The van der Waals surface area contributed by atoms with Crippen LogP contribution in [-0.2, 0) is 0 Å². The Bertz CT molecular complexity index is 1150. The van der Waals surface area contributed by atoms with Gasteiger partial charge in [0.25, 0.3) is 5.91 Å². The zero-order valence-electron chi connectivity index (χ0n) is 18.3.